The molecule has 26 heavy (non-hydrogen) atoms. The maximum atomic E-state index is 12.2. The second-order valence-electron chi connectivity index (χ2n) is 7.35. The first-order valence-electron chi connectivity index (χ1n) is 8.88. The minimum atomic E-state index is -0.591. The van der Waals surface area contributed by atoms with Gasteiger partial charge in [-0.3, -0.25) is 4.79 Å². The summed E-state index contributed by atoms with van der Waals surface area (Å²) in [7, 11) is 2.59. The first-order chi connectivity index (χ1) is 12.1. The fraction of sp³-hybridized carbons (Fsp3) is 0.632. The van der Waals surface area contributed by atoms with E-state index < -0.39 is 18.3 Å². The highest BCUT2D eigenvalue weighted by Gasteiger charge is 2.54. The van der Waals surface area contributed by atoms with E-state index in [2.05, 4.69) is 0 Å². The van der Waals surface area contributed by atoms with Gasteiger partial charge in [0.2, 0.25) is 0 Å². The SMILES string of the molecule is CCOC(=O)CC(B1OC(C)(C)C(C)(C)O1)c1ccc(OC)cc1OC. The van der Waals surface area contributed by atoms with Crippen molar-refractivity contribution in [1.82, 2.24) is 0 Å². The molecule has 1 atom stereocenters. The van der Waals surface area contributed by atoms with Gasteiger partial charge < -0.3 is 23.5 Å². The Morgan fingerprint density at radius 1 is 1.12 bits per heavy atom. The third kappa shape index (κ3) is 4.15. The van der Waals surface area contributed by atoms with Crippen molar-refractivity contribution in [2.45, 2.75) is 58.1 Å². The second kappa shape index (κ2) is 7.88. The molecule has 1 fully saturated rings. The third-order valence-electron chi connectivity index (χ3n) is 5.13. The molecule has 0 spiro atoms. The molecular weight excluding hydrogens is 335 g/mol. The van der Waals surface area contributed by atoms with Crippen molar-refractivity contribution < 1.29 is 28.3 Å². The van der Waals surface area contributed by atoms with Crippen molar-refractivity contribution in [2.75, 3.05) is 20.8 Å². The fourth-order valence-corrected chi connectivity index (χ4v) is 2.93. The van der Waals surface area contributed by atoms with E-state index in [4.69, 9.17) is 23.5 Å². The van der Waals surface area contributed by atoms with Gasteiger partial charge in [0.05, 0.1) is 38.4 Å². The second-order valence-corrected chi connectivity index (χ2v) is 7.35. The Labute approximate surface area is 156 Å². The van der Waals surface area contributed by atoms with Crippen LogP contribution < -0.4 is 9.47 Å². The molecule has 1 unspecified atom stereocenters. The van der Waals surface area contributed by atoms with Gasteiger partial charge in [-0.15, -0.1) is 0 Å². The summed E-state index contributed by atoms with van der Waals surface area (Å²) >= 11 is 0. The van der Waals surface area contributed by atoms with E-state index >= 15 is 0 Å². The number of hydrogen-bond donors (Lipinski definition) is 0. The van der Waals surface area contributed by atoms with Crippen LogP contribution in [-0.4, -0.2) is 45.1 Å². The maximum Gasteiger partial charge on any atom is 0.466 e. The molecule has 1 aliphatic heterocycles. The summed E-state index contributed by atoms with van der Waals surface area (Å²) in [6.45, 7) is 10.1. The highest BCUT2D eigenvalue weighted by molar-refractivity contribution is 6.48. The zero-order chi connectivity index (χ0) is 19.5. The molecule has 1 aromatic carbocycles. The molecule has 0 amide bonds. The van der Waals surface area contributed by atoms with Crippen LogP contribution in [0.4, 0.5) is 0 Å². The van der Waals surface area contributed by atoms with Gasteiger partial charge in [0.1, 0.15) is 11.5 Å². The van der Waals surface area contributed by atoms with Crippen LogP contribution in [0, 0.1) is 0 Å². The summed E-state index contributed by atoms with van der Waals surface area (Å²) in [5.74, 6) is 0.629. The highest BCUT2D eigenvalue weighted by atomic mass is 16.7. The van der Waals surface area contributed by atoms with Gasteiger partial charge >= 0.3 is 13.1 Å². The summed E-state index contributed by atoms with van der Waals surface area (Å²) in [5.41, 5.74) is -0.172. The summed E-state index contributed by atoms with van der Waals surface area (Å²) in [6.07, 6.45) is 0.132. The lowest BCUT2D eigenvalue weighted by Crippen LogP contribution is -2.41. The van der Waals surface area contributed by atoms with E-state index in [0.717, 1.165) is 5.56 Å². The van der Waals surface area contributed by atoms with Gasteiger partial charge in [-0.2, -0.15) is 0 Å². The molecule has 144 valence electrons. The van der Waals surface area contributed by atoms with Gasteiger partial charge in [-0.05, 0) is 46.2 Å². The van der Waals surface area contributed by atoms with Gasteiger partial charge in [-0.25, -0.2) is 0 Å². The summed E-state index contributed by atoms with van der Waals surface area (Å²) in [4.78, 5) is 12.2. The van der Waals surface area contributed by atoms with E-state index in [9.17, 15) is 4.79 Å². The predicted molar refractivity (Wildman–Crippen MR) is 99.6 cm³/mol. The largest absolute Gasteiger partial charge is 0.497 e. The van der Waals surface area contributed by atoms with Crippen LogP contribution in [-0.2, 0) is 18.8 Å². The normalized spacial score (nSPS) is 19.1. The number of benzene rings is 1. The zero-order valence-corrected chi connectivity index (χ0v) is 16.8. The number of ether oxygens (including phenoxy) is 3. The van der Waals surface area contributed by atoms with E-state index in [1.165, 1.54) is 0 Å². The van der Waals surface area contributed by atoms with Crippen molar-refractivity contribution in [3.8, 4) is 11.5 Å². The lowest BCUT2D eigenvalue weighted by atomic mass is 9.66. The first-order valence-corrected chi connectivity index (χ1v) is 8.88. The first kappa shape index (κ1) is 20.6. The van der Waals surface area contributed by atoms with Crippen LogP contribution in [0.5, 0.6) is 11.5 Å². The Balaban J connectivity index is 2.41. The van der Waals surface area contributed by atoms with Crippen molar-refractivity contribution in [3.05, 3.63) is 23.8 Å². The van der Waals surface area contributed by atoms with Crippen molar-refractivity contribution in [2.24, 2.45) is 0 Å². The number of hydrogen-bond acceptors (Lipinski definition) is 6. The Kier molecular flexibility index (Phi) is 6.24. The van der Waals surface area contributed by atoms with Crippen LogP contribution in [0.2, 0.25) is 0 Å². The number of rotatable bonds is 7. The molecule has 0 bridgehead atoms. The van der Waals surface area contributed by atoms with E-state index in [1.807, 2.05) is 39.8 Å². The van der Waals surface area contributed by atoms with Gasteiger partial charge in [0.15, 0.2) is 0 Å². The minimum absolute atomic E-state index is 0.132. The predicted octanol–water partition coefficient (Wildman–Crippen LogP) is 3.37. The van der Waals surface area contributed by atoms with Gasteiger partial charge in [0, 0.05) is 11.9 Å². The molecule has 2 rings (SSSR count). The van der Waals surface area contributed by atoms with E-state index in [0.29, 0.717) is 18.1 Å². The van der Waals surface area contributed by atoms with E-state index in [-0.39, 0.29) is 18.2 Å². The molecule has 0 aliphatic carbocycles. The van der Waals surface area contributed by atoms with Crippen molar-refractivity contribution in [1.29, 1.82) is 0 Å². The Bertz CT molecular complexity index is 627. The molecular formula is C19H29BO6. The van der Waals surface area contributed by atoms with Crippen LogP contribution in [0.25, 0.3) is 0 Å². The number of methoxy groups -OCH3 is 2. The smallest absolute Gasteiger partial charge is 0.466 e. The summed E-state index contributed by atoms with van der Waals surface area (Å²) in [5, 5.41) is 0. The van der Waals surface area contributed by atoms with Crippen molar-refractivity contribution in [3.63, 3.8) is 0 Å². The molecule has 1 aromatic rings. The molecule has 0 aromatic heterocycles. The lowest BCUT2D eigenvalue weighted by molar-refractivity contribution is -0.143. The van der Waals surface area contributed by atoms with Gasteiger partial charge in [0.25, 0.3) is 0 Å². The third-order valence-corrected chi connectivity index (χ3v) is 5.13. The number of esters is 1. The maximum absolute atomic E-state index is 12.2. The van der Waals surface area contributed by atoms with Gasteiger partial charge in [-0.1, -0.05) is 6.07 Å². The summed E-state index contributed by atoms with van der Waals surface area (Å²) < 4.78 is 28.4. The van der Waals surface area contributed by atoms with Crippen LogP contribution in [0.3, 0.4) is 0 Å². The molecule has 0 radical (unpaired) electrons. The lowest BCUT2D eigenvalue weighted by Gasteiger charge is -2.32. The standard InChI is InChI=1S/C19H29BO6/c1-8-24-17(21)12-15(20-25-18(2,3)19(4,5)26-20)14-10-9-13(22-6)11-16(14)23-7/h9-11,15H,8,12H2,1-7H3. The quantitative estimate of drug-likeness (QED) is 0.546. The number of carbonyl (C=O) groups is 1. The van der Waals surface area contributed by atoms with Crippen molar-refractivity contribution >= 4 is 13.1 Å². The molecule has 1 heterocycles. The average molecular weight is 364 g/mol. The van der Waals surface area contributed by atoms with Crippen LogP contribution >= 0.6 is 0 Å². The van der Waals surface area contributed by atoms with Crippen LogP contribution in [0.15, 0.2) is 18.2 Å². The molecule has 0 N–H and O–H groups in total. The average Bonchev–Trinajstić information content (AvgIpc) is 2.80. The molecule has 6 nitrogen and oxygen atoms in total. The Morgan fingerprint density at radius 2 is 1.73 bits per heavy atom. The molecule has 1 saturated heterocycles. The fourth-order valence-electron chi connectivity index (χ4n) is 2.93. The molecule has 7 heteroatoms. The van der Waals surface area contributed by atoms with E-state index in [1.54, 1.807) is 27.2 Å². The highest BCUT2D eigenvalue weighted by Crippen LogP contribution is 2.44. The number of carbonyl (C=O) groups excluding carboxylic acids is 1. The minimum Gasteiger partial charge on any atom is -0.497 e. The monoisotopic (exact) mass is 364 g/mol. The molecule has 1 aliphatic rings. The Hall–Kier alpha value is -1.73. The van der Waals surface area contributed by atoms with Crippen LogP contribution in [0.1, 0.15) is 52.4 Å². The topological polar surface area (TPSA) is 63.2 Å². The summed E-state index contributed by atoms with van der Waals surface area (Å²) in [6, 6.07) is 5.51. The molecule has 0 saturated carbocycles. The Morgan fingerprint density at radius 3 is 2.23 bits per heavy atom. The zero-order valence-electron chi connectivity index (χ0n) is 16.8.